The first kappa shape index (κ1) is 27.1. The van der Waals surface area contributed by atoms with Crippen molar-refractivity contribution in [2.75, 3.05) is 6.61 Å². The molecule has 0 saturated carbocycles. The number of aryl methyl sites for hydroxylation is 4. The predicted molar refractivity (Wildman–Crippen MR) is 150 cm³/mol. The highest BCUT2D eigenvalue weighted by atomic mass is 19.2. The Kier molecular flexibility index (Phi) is 9.55. The van der Waals surface area contributed by atoms with Crippen LogP contribution in [0.3, 0.4) is 0 Å². The molecule has 0 spiro atoms. The van der Waals surface area contributed by atoms with E-state index in [-0.39, 0.29) is 11.3 Å². The van der Waals surface area contributed by atoms with E-state index in [1.54, 1.807) is 13.0 Å². The first-order valence-electron chi connectivity index (χ1n) is 13.9. The van der Waals surface area contributed by atoms with Crippen LogP contribution in [0.25, 0.3) is 0 Å². The Labute approximate surface area is 221 Å². The maximum absolute atomic E-state index is 14.0. The van der Waals surface area contributed by atoms with E-state index in [4.69, 9.17) is 4.74 Å². The molecule has 0 heterocycles. The Morgan fingerprint density at radius 3 is 2.11 bits per heavy atom. The van der Waals surface area contributed by atoms with Crippen LogP contribution >= 0.6 is 0 Å². The average Bonchev–Trinajstić information content (AvgIpc) is 2.92. The molecule has 0 radical (unpaired) electrons. The van der Waals surface area contributed by atoms with Crippen LogP contribution in [0.2, 0.25) is 0 Å². The Morgan fingerprint density at radius 2 is 1.43 bits per heavy atom. The van der Waals surface area contributed by atoms with Crippen molar-refractivity contribution in [1.29, 1.82) is 0 Å². The second kappa shape index (κ2) is 13.0. The summed E-state index contributed by atoms with van der Waals surface area (Å²) in [6.07, 6.45) is 13.7. The molecule has 2 atom stereocenters. The van der Waals surface area contributed by atoms with E-state index in [0.717, 1.165) is 19.3 Å². The molecule has 3 aromatic carbocycles. The van der Waals surface area contributed by atoms with Crippen molar-refractivity contribution in [3.63, 3.8) is 0 Å². The minimum Gasteiger partial charge on any atom is -0.490 e. The average molecular weight is 503 g/mol. The lowest BCUT2D eigenvalue weighted by molar-refractivity contribution is 0.289. The van der Waals surface area contributed by atoms with Crippen molar-refractivity contribution in [3.8, 4) is 5.75 Å². The minimum atomic E-state index is -0.900. The first-order chi connectivity index (χ1) is 18.0. The molecule has 2 unspecified atom stereocenters. The maximum Gasteiger partial charge on any atom is 0.200 e. The molecule has 37 heavy (non-hydrogen) atoms. The Balaban J connectivity index is 1.28. The van der Waals surface area contributed by atoms with Gasteiger partial charge in [0.2, 0.25) is 5.82 Å². The molecule has 0 fully saturated rings. The zero-order chi connectivity index (χ0) is 26.2. The maximum atomic E-state index is 14.0. The van der Waals surface area contributed by atoms with E-state index < -0.39 is 11.6 Å². The van der Waals surface area contributed by atoms with E-state index in [0.29, 0.717) is 18.4 Å². The fourth-order valence-corrected chi connectivity index (χ4v) is 5.30. The lowest BCUT2D eigenvalue weighted by atomic mass is 9.81. The summed E-state index contributed by atoms with van der Waals surface area (Å²) in [5.74, 6) is -0.779. The molecule has 0 bridgehead atoms. The number of allylic oxidation sites excluding steroid dienone is 2. The number of halogens is 2. The molecule has 1 aliphatic rings. The van der Waals surface area contributed by atoms with Crippen LogP contribution in [0, 0.1) is 25.5 Å². The fraction of sp³-hybridized carbons (Fsp3) is 0.412. The normalized spacial score (nSPS) is 17.2. The van der Waals surface area contributed by atoms with Gasteiger partial charge < -0.3 is 4.74 Å². The predicted octanol–water partition coefficient (Wildman–Crippen LogP) is 9.54. The van der Waals surface area contributed by atoms with Crippen LogP contribution in [0.5, 0.6) is 5.75 Å². The van der Waals surface area contributed by atoms with Crippen LogP contribution in [-0.2, 0) is 12.8 Å². The molecule has 0 saturated heterocycles. The summed E-state index contributed by atoms with van der Waals surface area (Å²) in [4.78, 5) is 0. The van der Waals surface area contributed by atoms with E-state index in [1.807, 2.05) is 0 Å². The van der Waals surface area contributed by atoms with Crippen molar-refractivity contribution in [3.05, 3.63) is 112 Å². The SMILES string of the molecule is CCCCCc1ccc(C2C=CC(c3ccc(CCCOc4ccc(C)c(F)c4F)c(C)c3)CC2)cc1. The summed E-state index contributed by atoms with van der Waals surface area (Å²) in [6, 6.07) is 19.1. The van der Waals surface area contributed by atoms with Crippen LogP contribution in [0.4, 0.5) is 8.78 Å². The highest BCUT2D eigenvalue weighted by Crippen LogP contribution is 2.36. The van der Waals surface area contributed by atoms with Gasteiger partial charge in [-0.05, 0) is 91.8 Å². The van der Waals surface area contributed by atoms with Crippen LogP contribution < -0.4 is 4.74 Å². The summed E-state index contributed by atoms with van der Waals surface area (Å²) in [5, 5.41) is 0. The van der Waals surface area contributed by atoms with Gasteiger partial charge in [-0.1, -0.05) is 80.4 Å². The molecule has 0 amide bonds. The van der Waals surface area contributed by atoms with Gasteiger partial charge in [-0.15, -0.1) is 0 Å². The van der Waals surface area contributed by atoms with Gasteiger partial charge in [0.15, 0.2) is 11.6 Å². The molecule has 3 heteroatoms. The summed E-state index contributed by atoms with van der Waals surface area (Å²) in [6.45, 7) is 6.31. The van der Waals surface area contributed by atoms with E-state index >= 15 is 0 Å². The van der Waals surface area contributed by atoms with Gasteiger partial charge in [-0.25, -0.2) is 4.39 Å². The van der Waals surface area contributed by atoms with E-state index in [9.17, 15) is 8.78 Å². The lowest BCUT2D eigenvalue weighted by Crippen LogP contribution is -2.07. The monoisotopic (exact) mass is 502 g/mol. The number of unbranched alkanes of at least 4 members (excludes halogenated alkanes) is 2. The van der Waals surface area contributed by atoms with Crippen molar-refractivity contribution in [2.24, 2.45) is 0 Å². The van der Waals surface area contributed by atoms with Gasteiger partial charge in [0.1, 0.15) is 0 Å². The van der Waals surface area contributed by atoms with Gasteiger partial charge in [-0.3, -0.25) is 0 Å². The fourth-order valence-electron chi connectivity index (χ4n) is 5.30. The molecule has 0 aliphatic heterocycles. The second-order valence-electron chi connectivity index (χ2n) is 10.5. The van der Waals surface area contributed by atoms with Crippen LogP contribution in [0.1, 0.15) is 90.7 Å². The minimum absolute atomic E-state index is 0.0134. The van der Waals surface area contributed by atoms with Gasteiger partial charge in [0.25, 0.3) is 0 Å². The Morgan fingerprint density at radius 1 is 0.730 bits per heavy atom. The van der Waals surface area contributed by atoms with Gasteiger partial charge in [0, 0.05) is 11.8 Å². The first-order valence-corrected chi connectivity index (χ1v) is 13.9. The van der Waals surface area contributed by atoms with Crippen LogP contribution in [-0.4, -0.2) is 6.61 Å². The van der Waals surface area contributed by atoms with Gasteiger partial charge >= 0.3 is 0 Å². The number of ether oxygens (including phenoxy) is 1. The van der Waals surface area contributed by atoms with Crippen molar-refractivity contribution >= 4 is 0 Å². The molecule has 4 rings (SSSR count). The Bertz CT molecular complexity index is 1200. The quantitative estimate of drug-likeness (QED) is 0.187. The smallest absolute Gasteiger partial charge is 0.200 e. The lowest BCUT2D eigenvalue weighted by Gasteiger charge is -2.24. The zero-order valence-electron chi connectivity index (χ0n) is 22.5. The molecule has 1 nitrogen and oxygen atoms in total. The molecular formula is C34H40F2O. The molecule has 1 aliphatic carbocycles. The zero-order valence-corrected chi connectivity index (χ0v) is 22.5. The number of benzene rings is 3. The van der Waals surface area contributed by atoms with Crippen molar-refractivity contribution in [2.45, 2.75) is 84.0 Å². The van der Waals surface area contributed by atoms with Crippen molar-refractivity contribution < 1.29 is 13.5 Å². The highest BCUT2D eigenvalue weighted by Gasteiger charge is 2.19. The van der Waals surface area contributed by atoms with Crippen LogP contribution in [0.15, 0.2) is 66.7 Å². The van der Waals surface area contributed by atoms with E-state index in [2.05, 4.69) is 68.5 Å². The molecule has 3 aromatic rings. The third-order valence-electron chi connectivity index (χ3n) is 7.72. The number of hydrogen-bond acceptors (Lipinski definition) is 1. The van der Waals surface area contributed by atoms with E-state index in [1.165, 1.54) is 66.0 Å². The third kappa shape index (κ3) is 7.09. The number of rotatable bonds is 11. The highest BCUT2D eigenvalue weighted by molar-refractivity contribution is 5.37. The Hall–Kier alpha value is -2.94. The number of hydrogen-bond donors (Lipinski definition) is 0. The van der Waals surface area contributed by atoms with Gasteiger partial charge in [0.05, 0.1) is 6.61 Å². The summed E-state index contributed by atoms with van der Waals surface area (Å²) < 4.78 is 33.2. The summed E-state index contributed by atoms with van der Waals surface area (Å²) >= 11 is 0. The van der Waals surface area contributed by atoms with Crippen molar-refractivity contribution in [1.82, 2.24) is 0 Å². The summed E-state index contributed by atoms with van der Waals surface area (Å²) in [7, 11) is 0. The molecule has 0 aromatic heterocycles. The molecule has 0 N–H and O–H groups in total. The third-order valence-corrected chi connectivity index (χ3v) is 7.72. The second-order valence-corrected chi connectivity index (χ2v) is 10.5. The molecule has 196 valence electrons. The topological polar surface area (TPSA) is 9.23 Å². The largest absolute Gasteiger partial charge is 0.490 e. The molecular weight excluding hydrogens is 462 g/mol. The standard InChI is InChI=1S/C34H40F2O/c1-4-5-6-8-26-11-13-28(14-12-26)29-16-18-30(19-17-29)31-20-15-27(25(3)23-31)9-7-22-37-32-21-10-24(2)33(35)34(32)36/h10-16,18,20-21,23,29-30H,4-9,17,19,22H2,1-3H3. The summed E-state index contributed by atoms with van der Waals surface area (Å²) in [5.41, 5.74) is 7.09. The van der Waals surface area contributed by atoms with Gasteiger partial charge in [-0.2, -0.15) is 4.39 Å².